The van der Waals surface area contributed by atoms with Crippen molar-refractivity contribution in [3.05, 3.63) is 24.3 Å². The molecule has 0 unspecified atom stereocenters. The van der Waals surface area contributed by atoms with Gasteiger partial charge in [-0.1, -0.05) is 5.92 Å². The number of nitrogens with one attached hydrogen (secondary N) is 1. The molecule has 0 radical (unpaired) electrons. The van der Waals surface area contributed by atoms with Crippen LogP contribution in [0.1, 0.15) is 5.69 Å². The molecule has 4 heteroatoms. The third-order valence-electron chi connectivity index (χ3n) is 1.56. The minimum absolute atomic E-state index is 0.787. The summed E-state index contributed by atoms with van der Waals surface area (Å²) in [5.41, 5.74) is 1.02. The van der Waals surface area contributed by atoms with Gasteiger partial charge in [-0.25, -0.2) is 9.97 Å². The lowest BCUT2D eigenvalue weighted by Crippen LogP contribution is -2.17. The number of hydrogen-bond acceptors (Lipinski definition) is 4. The van der Waals surface area contributed by atoms with Crippen LogP contribution in [0, 0.1) is 12.3 Å². The standard InChI is InChI=1S/C10H13N3S/c1-2-6-14-7-5-11-8-10-3-4-12-9-13-10/h1,3-4,9,11H,5-8H2. The Morgan fingerprint density at radius 3 is 3.21 bits per heavy atom. The molecule has 74 valence electrons. The third-order valence-corrected chi connectivity index (χ3v) is 2.42. The molecule has 0 spiro atoms. The highest BCUT2D eigenvalue weighted by Gasteiger charge is 1.91. The van der Waals surface area contributed by atoms with E-state index in [-0.39, 0.29) is 0 Å². The van der Waals surface area contributed by atoms with Crippen molar-refractivity contribution < 1.29 is 0 Å². The lowest BCUT2D eigenvalue weighted by atomic mass is 10.4. The monoisotopic (exact) mass is 207 g/mol. The first-order valence-electron chi connectivity index (χ1n) is 4.40. The minimum atomic E-state index is 0.787. The van der Waals surface area contributed by atoms with E-state index in [0.29, 0.717) is 0 Å². The molecular formula is C10H13N3S. The van der Waals surface area contributed by atoms with Crippen LogP contribution in [-0.2, 0) is 6.54 Å². The summed E-state index contributed by atoms with van der Waals surface area (Å²) in [4.78, 5) is 7.95. The highest BCUT2D eigenvalue weighted by molar-refractivity contribution is 7.99. The van der Waals surface area contributed by atoms with Crippen LogP contribution >= 0.6 is 11.8 Å². The molecule has 3 nitrogen and oxygen atoms in total. The second-order valence-electron chi connectivity index (χ2n) is 2.63. The molecule has 0 atom stereocenters. The summed E-state index contributed by atoms with van der Waals surface area (Å²) < 4.78 is 0. The van der Waals surface area contributed by atoms with E-state index < -0.39 is 0 Å². The number of aromatic nitrogens is 2. The highest BCUT2D eigenvalue weighted by Crippen LogP contribution is 1.96. The topological polar surface area (TPSA) is 37.8 Å². The van der Waals surface area contributed by atoms with Gasteiger partial charge in [0.15, 0.2) is 0 Å². The minimum Gasteiger partial charge on any atom is -0.310 e. The smallest absolute Gasteiger partial charge is 0.115 e. The van der Waals surface area contributed by atoms with Crippen molar-refractivity contribution in [3.63, 3.8) is 0 Å². The molecule has 1 N–H and O–H groups in total. The van der Waals surface area contributed by atoms with E-state index in [1.807, 2.05) is 6.07 Å². The van der Waals surface area contributed by atoms with E-state index in [2.05, 4.69) is 21.2 Å². The fourth-order valence-electron chi connectivity index (χ4n) is 0.915. The Hall–Kier alpha value is -1.05. The average Bonchev–Trinajstić information content (AvgIpc) is 2.25. The molecule has 1 heterocycles. The maximum absolute atomic E-state index is 5.13. The number of nitrogens with zero attached hydrogens (tertiary/aromatic N) is 2. The van der Waals surface area contributed by atoms with E-state index in [0.717, 1.165) is 30.3 Å². The quantitative estimate of drug-likeness (QED) is 0.556. The lowest BCUT2D eigenvalue weighted by Gasteiger charge is -2.02. The Morgan fingerprint density at radius 1 is 1.57 bits per heavy atom. The summed E-state index contributed by atoms with van der Waals surface area (Å²) in [6, 6.07) is 1.90. The van der Waals surface area contributed by atoms with Crippen LogP contribution in [0.5, 0.6) is 0 Å². The molecule has 1 aromatic rings. The van der Waals surface area contributed by atoms with Crippen LogP contribution in [-0.4, -0.2) is 28.0 Å². The van der Waals surface area contributed by atoms with Crippen molar-refractivity contribution in [3.8, 4) is 12.3 Å². The maximum Gasteiger partial charge on any atom is 0.115 e. The van der Waals surface area contributed by atoms with Gasteiger partial charge in [0.05, 0.1) is 11.4 Å². The maximum atomic E-state index is 5.13. The SMILES string of the molecule is C#CCSCCNCc1ccncn1. The second kappa shape index (κ2) is 7.36. The van der Waals surface area contributed by atoms with Gasteiger partial charge < -0.3 is 5.32 Å². The van der Waals surface area contributed by atoms with Crippen molar-refractivity contribution in [2.45, 2.75) is 6.54 Å². The molecule has 0 aliphatic carbocycles. The molecule has 0 aromatic carbocycles. The van der Waals surface area contributed by atoms with Gasteiger partial charge in [0.1, 0.15) is 6.33 Å². The number of rotatable bonds is 6. The molecule has 0 aliphatic rings. The zero-order valence-corrected chi connectivity index (χ0v) is 8.76. The highest BCUT2D eigenvalue weighted by atomic mass is 32.2. The number of terminal acetylenes is 1. The van der Waals surface area contributed by atoms with Crippen LogP contribution in [0.25, 0.3) is 0 Å². The summed E-state index contributed by atoms with van der Waals surface area (Å²) in [7, 11) is 0. The average molecular weight is 207 g/mol. The Morgan fingerprint density at radius 2 is 2.50 bits per heavy atom. The van der Waals surface area contributed by atoms with E-state index in [1.165, 1.54) is 0 Å². The van der Waals surface area contributed by atoms with E-state index in [1.54, 1.807) is 24.3 Å². The molecule has 0 bridgehead atoms. The van der Waals surface area contributed by atoms with Crippen LogP contribution in [0.15, 0.2) is 18.6 Å². The van der Waals surface area contributed by atoms with Crippen molar-refractivity contribution in [2.75, 3.05) is 18.1 Å². The van der Waals surface area contributed by atoms with Gasteiger partial charge in [0.2, 0.25) is 0 Å². The van der Waals surface area contributed by atoms with Gasteiger partial charge in [-0.05, 0) is 6.07 Å². The zero-order chi connectivity index (χ0) is 10.1. The predicted molar refractivity (Wildman–Crippen MR) is 59.9 cm³/mol. The van der Waals surface area contributed by atoms with E-state index in [4.69, 9.17) is 6.42 Å². The van der Waals surface area contributed by atoms with Crippen LogP contribution in [0.3, 0.4) is 0 Å². The van der Waals surface area contributed by atoms with Gasteiger partial charge in [0, 0.05) is 25.0 Å². The summed E-state index contributed by atoms with van der Waals surface area (Å²) in [5, 5.41) is 3.28. The molecule has 1 aromatic heterocycles. The van der Waals surface area contributed by atoms with Gasteiger partial charge in [-0.2, -0.15) is 0 Å². The van der Waals surface area contributed by atoms with Crippen LogP contribution in [0.2, 0.25) is 0 Å². The van der Waals surface area contributed by atoms with Crippen molar-refractivity contribution in [2.24, 2.45) is 0 Å². The van der Waals surface area contributed by atoms with Gasteiger partial charge in [-0.3, -0.25) is 0 Å². The van der Waals surface area contributed by atoms with Crippen molar-refractivity contribution >= 4 is 11.8 Å². The second-order valence-corrected chi connectivity index (χ2v) is 3.74. The van der Waals surface area contributed by atoms with Crippen LogP contribution < -0.4 is 5.32 Å². The first-order valence-corrected chi connectivity index (χ1v) is 5.56. The predicted octanol–water partition coefficient (Wildman–Crippen LogP) is 0.933. The number of hydrogen-bond donors (Lipinski definition) is 1. The molecule has 0 amide bonds. The summed E-state index contributed by atoms with van der Waals surface area (Å²) in [6.07, 6.45) is 8.43. The summed E-state index contributed by atoms with van der Waals surface area (Å²) in [5.74, 6) is 4.41. The van der Waals surface area contributed by atoms with Gasteiger partial charge >= 0.3 is 0 Å². The van der Waals surface area contributed by atoms with E-state index in [9.17, 15) is 0 Å². The molecule has 0 saturated heterocycles. The fraction of sp³-hybridized carbons (Fsp3) is 0.400. The molecule has 1 rings (SSSR count). The van der Waals surface area contributed by atoms with Crippen molar-refractivity contribution in [1.29, 1.82) is 0 Å². The van der Waals surface area contributed by atoms with Gasteiger partial charge in [-0.15, -0.1) is 18.2 Å². The Labute approximate surface area is 88.7 Å². The summed E-state index contributed by atoms with van der Waals surface area (Å²) >= 11 is 1.76. The third kappa shape index (κ3) is 4.85. The molecule has 14 heavy (non-hydrogen) atoms. The van der Waals surface area contributed by atoms with Crippen LogP contribution in [0.4, 0.5) is 0 Å². The molecule has 0 aliphatic heterocycles. The fourth-order valence-corrected chi connectivity index (χ4v) is 1.47. The molecule has 0 saturated carbocycles. The lowest BCUT2D eigenvalue weighted by molar-refractivity contribution is 0.713. The van der Waals surface area contributed by atoms with Crippen molar-refractivity contribution in [1.82, 2.24) is 15.3 Å². The number of thioether (sulfide) groups is 1. The van der Waals surface area contributed by atoms with Gasteiger partial charge in [0.25, 0.3) is 0 Å². The normalized spacial score (nSPS) is 9.64. The molecular weight excluding hydrogens is 194 g/mol. The Kier molecular flexibility index (Phi) is 5.80. The van der Waals surface area contributed by atoms with E-state index >= 15 is 0 Å². The summed E-state index contributed by atoms with van der Waals surface area (Å²) in [6.45, 7) is 1.75. The first kappa shape index (κ1) is 11.0. The Bertz CT molecular complexity index is 281. The molecule has 0 fully saturated rings. The zero-order valence-electron chi connectivity index (χ0n) is 7.94. The Balaban J connectivity index is 2.03. The largest absolute Gasteiger partial charge is 0.310 e. The first-order chi connectivity index (χ1) is 6.93.